The number of aromatic nitrogens is 2. The number of benzene rings is 1. The second-order valence-corrected chi connectivity index (χ2v) is 5.06. The first kappa shape index (κ1) is 14.2. The highest BCUT2D eigenvalue weighted by Crippen LogP contribution is 2.26. The van der Waals surface area contributed by atoms with Crippen LogP contribution in [0.3, 0.4) is 0 Å². The molecule has 1 amide bonds. The van der Waals surface area contributed by atoms with E-state index in [2.05, 4.69) is 31.4 Å². The minimum absolute atomic E-state index is 0.0322. The summed E-state index contributed by atoms with van der Waals surface area (Å²) in [7, 11) is 0. The van der Waals surface area contributed by atoms with Gasteiger partial charge in [0.05, 0.1) is 0 Å². The molecule has 0 bridgehead atoms. The minimum atomic E-state index is -0.648. The van der Waals surface area contributed by atoms with E-state index >= 15 is 0 Å². The maximum Gasteiger partial charge on any atom is 0.357 e. The molecule has 1 aromatic carbocycles. The predicted molar refractivity (Wildman–Crippen MR) is 76.8 cm³/mol. The van der Waals surface area contributed by atoms with E-state index in [0.717, 1.165) is 11.1 Å². The average molecular weight is 339 g/mol. The Bertz CT molecular complexity index is 696. The summed E-state index contributed by atoms with van der Waals surface area (Å²) in [5.74, 6) is -0.871. The average Bonchev–Trinajstić information content (AvgIpc) is 2.74. The first-order valence-corrected chi connectivity index (χ1v) is 6.46. The van der Waals surface area contributed by atoms with Crippen molar-refractivity contribution in [2.75, 3.05) is 5.32 Å². The van der Waals surface area contributed by atoms with Crippen LogP contribution in [0.25, 0.3) is 0 Å². The smallest absolute Gasteiger partial charge is 0.357 e. The maximum absolute atomic E-state index is 12.1. The van der Waals surface area contributed by atoms with Crippen molar-refractivity contribution in [2.24, 2.45) is 0 Å². The zero-order valence-electron chi connectivity index (χ0n) is 10.7. The molecular weight excluding hydrogens is 328 g/mol. The van der Waals surface area contributed by atoms with E-state index in [1.807, 2.05) is 26.0 Å². The van der Waals surface area contributed by atoms with Crippen LogP contribution in [0.15, 0.2) is 22.7 Å². The number of hydrogen-bond acceptors (Lipinski definition) is 4. The molecule has 0 fully saturated rings. The Balaban J connectivity index is 2.26. The van der Waals surface area contributed by atoms with E-state index in [0.29, 0.717) is 5.69 Å². The van der Waals surface area contributed by atoms with Crippen LogP contribution in [0.1, 0.15) is 21.6 Å². The molecule has 104 valence electrons. The Hall–Kier alpha value is -2.22. The molecule has 0 aliphatic heterocycles. The molecule has 0 saturated carbocycles. The van der Waals surface area contributed by atoms with E-state index in [4.69, 9.17) is 0 Å². The quantitative estimate of drug-likeness (QED) is 0.663. The van der Waals surface area contributed by atoms with Gasteiger partial charge in [0.2, 0.25) is 0 Å². The standard InChI is InChI=1S/C12H11BrN4O3/c1-6-3-4-8(7(2)5-6)14-12(18)10-9(13)11(16-15-10)17(19)20/h3-5H,1-2H3,(H,14,18)(H,15,16). The molecule has 0 unspecified atom stereocenters. The number of carbonyl (C=O) groups excluding carboxylic acids is 1. The number of hydrogen-bond donors (Lipinski definition) is 2. The van der Waals surface area contributed by atoms with E-state index in [9.17, 15) is 14.9 Å². The molecule has 2 rings (SSSR count). The Labute approximate surface area is 122 Å². The van der Waals surface area contributed by atoms with Gasteiger partial charge in [0.15, 0.2) is 5.69 Å². The number of nitrogens with zero attached hydrogens (tertiary/aromatic N) is 2. The normalized spacial score (nSPS) is 10.3. The molecule has 2 N–H and O–H groups in total. The van der Waals surface area contributed by atoms with Gasteiger partial charge in [0, 0.05) is 5.69 Å². The Kier molecular flexibility index (Phi) is 3.84. The lowest BCUT2D eigenvalue weighted by atomic mass is 10.1. The molecule has 8 heteroatoms. The molecule has 20 heavy (non-hydrogen) atoms. The van der Waals surface area contributed by atoms with Crippen LogP contribution in [-0.4, -0.2) is 21.0 Å². The van der Waals surface area contributed by atoms with Gasteiger partial charge >= 0.3 is 5.82 Å². The van der Waals surface area contributed by atoms with E-state index in [1.54, 1.807) is 6.07 Å². The first-order valence-electron chi connectivity index (χ1n) is 5.67. The lowest BCUT2D eigenvalue weighted by molar-refractivity contribution is -0.390. The second-order valence-electron chi connectivity index (χ2n) is 4.26. The number of aryl methyl sites for hydroxylation is 2. The highest BCUT2D eigenvalue weighted by molar-refractivity contribution is 9.10. The van der Waals surface area contributed by atoms with Crippen molar-refractivity contribution in [3.63, 3.8) is 0 Å². The first-order chi connectivity index (χ1) is 9.40. The van der Waals surface area contributed by atoms with Gasteiger partial charge < -0.3 is 15.4 Å². The molecule has 0 saturated heterocycles. The fourth-order valence-corrected chi connectivity index (χ4v) is 2.23. The van der Waals surface area contributed by atoms with Gasteiger partial charge in [-0.25, -0.2) is 0 Å². The number of aromatic amines is 1. The lowest BCUT2D eigenvalue weighted by Gasteiger charge is -2.07. The maximum atomic E-state index is 12.1. The summed E-state index contributed by atoms with van der Waals surface area (Å²) in [6, 6.07) is 5.57. The number of amides is 1. The van der Waals surface area contributed by atoms with Gasteiger partial charge in [0.1, 0.15) is 4.47 Å². The summed E-state index contributed by atoms with van der Waals surface area (Å²) in [5.41, 5.74) is 2.56. The molecule has 0 atom stereocenters. The van der Waals surface area contributed by atoms with Crippen molar-refractivity contribution in [3.05, 3.63) is 49.6 Å². The van der Waals surface area contributed by atoms with E-state index < -0.39 is 10.8 Å². The molecule has 7 nitrogen and oxygen atoms in total. The summed E-state index contributed by atoms with van der Waals surface area (Å²) < 4.78 is 0.0322. The highest BCUT2D eigenvalue weighted by atomic mass is 79.9. The van der Waals surface area contributed by atoms with Crippen LogP contribution in [0.4, 0.5) is 11.5 Å². The fraction of sp³-hybridized carbons (Fsp3) is 0.167. The molecule has 0 aliphatic rings. The zero-order chi connectivity index (χ0) is 14.9. The van der Waals surface area contributed by atoms with Gasteiger partial charge in [-0.1, -0.05) is 22.8 Å². The van der Waals surface area contributed by atoms with Gasteiger partial charge in [0.25, 0.3) is 5.91 Å². The fourth-order valence-electron chi connectivity index (χ4n) is 1.73. The molecular formula is C12H11BrN4O3. The summed E-state index contributed by atoms with van der Waals surface area (Å²) in [5, 5.41) is 19.2. The minimum Gasteiger partial charge on any atom is -0.358 e. The summed E-state index contributed by atoms with van der Waals surface area (Å²) in [6.45, 7) is 3.82. The number of rotatable bonds is 3. The molecule has 1 heterocycles. The molecule has 0 aliphatic carbocycles. The Morgan fingerprint density at radius 3 is 2.70 bits per heavy atom. The van der Waals surface area contributed by atoms with Gasteiger partial charge in [-0.3, -0.25) is 4.79 Å². The number of anilines is 1. The van der Waals surface area contributed by atoms with Crippen molar-refractivity contribution in [3.8, 4) is 0 Å². The molecule has 0 radical (unpaired) electrons. The number of nitro groups is 1. The molecule has 0 spiro atoms. The number of nitrogens with one attached hydrogen (secondary N) is 2. The van der Waals surface area contributed by atoms with Crippen LogP contribution in [0.2, 0.25) is 0 Å². The SMILES string of the molecule is Cc1ccc(NC(=O)c2n[nH]c([N+](=O)[O-])c2Br)c(C)c1. The van der Waals surface area contributed by atoms with Crippen LogP contribution in [-0.2, 0) is 0 Å². The number of halogens is 1. The third-order valence-electron chi connectivity index (χ3n) is 2.72. The van der Waals surface area contributed by atoms with Crippen molar-refractivity contribution >= 4 is 33.3 Å². The predicted octanol–water partition coefficient (Wildman–Crippen LogP) is 2.95. The monoisotopic (exact) mass is 338 g/mol. The molecule has 2 aromatic rings. The van der Waals surface area contributed by atoms with Gasteiger partial charge in [-0.05, 0) is 46.3 Å². The third-order valence-corrected chi connectivity index (χ3v) is 3.47. The van der Waals surface area contributed by atoms with Gasteiger partial charge in [-0.2, -0.15) is 0 Å². The molecule has 1 aromatic heterocycles. The summed E-state index contributed by atoms with van der Waals surface area (Å²) in [4.78, 5) is 22.1. The number of carbonyl (C=O) groups is 1. The largest absolute Gasteiger partial charge is 0.358 e. The number of H-pyrrole nitrogens is 1. The topological polar surface area (TPSA) is 101 Å². The highest BCUT2D eigenvalue weighted by Gasteiger charge is 2.24. The van der Waals surface area contributed by atoms with Crippen LogP contribution in [0.5, 0.6) is 0 Å². The lowest BCUT2D eigenvalue weighted by Crippen LogP contribution is -2.14. The van der Waals surface area contributed by atoms with Gasteiger partial charge in [-0.15, -0.1) is 5.10 Å². The third kappa shape index (κ3) is 2.69. The van der Waals surface area contributed by atoms with Crippen molar-refractivity contribution in [1.82, 2.24) is 10.2 Å². The van der Waals surface area contributed by atoms with Crippen LogP contribution >= 0.6 is 15.9 Å². The summed E-state index contributed by atoms with van der Waals surface area (Å²) in [6.07, 6.45) is 0. The Morgan fingerprint density at radius 2 is 2.15 bits per heavy atom. The zero-order valence-corrected chi connectivity index (χ0v) is 12.3. The van der Waals surface area contributed by atoms with Crippen molar-refractivity contribution < 1.29 is 9.72 Å². The second kappa shape index (κ2) is 5.41. The van der Waals surface area contributed by atoms with E-state index in [-0.39, 0.29) is 16.0 Å². The Morgan fingerprint density at radius 1 is 1.45 bits per heavy atom. The van der Waals surface area contributed by atoms with Crippen molar-refractivity contribution in [2.45, 2.75) is 13.8 Å². The summed E-state index contributed by atoms with van der Waals surface area (Å²) >= 11 is 3.00. The van der Waals surface area contributed by atoms with Crippen LogP contribution in [0, 0.1) is 24.0 Å². The van der Waals surface area contributed by atoms with E-state index in [1.165, 1.54) is 0 Å². The van der Waals surface area contributed by atoms with Crippen molar-refractivity contribution in [1.29, 1.82) is 0 Å². The van der Waals surface area contributed by atoms with Crippen LogP contribution < -0.4 is 5.32 Å².